The number of allylic oxidation sites excluding steroid dienone is 6. The molecule has 1 aliphatic carbocycles. The number of methoxy groups -OCH3 is 1. The Labute approximate surface area is 199 Å². The number of cyclic esters (lactones) is 1. The standard InChI is InChI=1S/C26H31ClO6/c1-7-14(2)10-15(3)8-9-17-11-18-19(13-31-17)20-21-24(29)32-16(4)12-26(21,30-6)33-25(20,5)23(28)22(18)27/h8-11,13-14,16,20-21H,7,12H2,1-6H3/b9-8+,15-10+/t14?,16-,20+,21-,25-,26-/m0/s1. The second kappa shape index (κ2) is 8.57. The van der Waals surface area contributed by atoms with Crippen molar-refractivity contribution in [1.82, 2.24) is 0 Å². The lowest BCUT2D eigenvalue weighted by Crippen LogP contribution is -2.51. The summed E-state index contributed by atoms with van der Waals surface area (Å²) in [7, 11) is 1.49. The Morgan fingerprint density at radius 3 is 2.76 bits per heavy atom. The molecule has 3 heterocycles. The van der Waals surface area contributed by atoms with Crippen molar-refractivity contribution in [3.63, 3.8) is 0 Å². The summed E-state index contributed by atoms with van der Waals surface area (Å²) in [4.78, 5) is 26.5. The first kappa shape index (κ1) is 24.0. The first-order valence-corrected chi connectivity index (χ1v) is 11.8. The number of esters is 1. The quantitative estimate of drug-likeness (QED) is 0.407. The van der Waals surface area contributed by atoms with E-state index in [4.69, 9.17) is 30.5 Å². The summed E-state index contributed by atoms with van der Waals surface area (Å²) in [6.45, 7) is 9.79. The topological polar surface area (TPSA) is 71.1 Å². The molecule has 0 spiro atoms. The zero-order chi connectivity index (χ0) is 24.1. The lowest BCUT2D eigenvalue weighted by molar-refractivity contribution is -0.273. The van der Waals surface area contributed by atoms with Crippen molar-refractivity contribution in [3.05, 3.63) is 58.1 Å². The lowest BCUT2D eigenvalue weighted by atomic mass is 9.66. The van der Waals surface area contributed by atoms with E-state index in [9.17, 15) is 9.59 Å². The summed E-state index contributed by atoms with van der Waals surface area (Å²) in [6.07, 6.45) is 10.3. The summed E-state index contributed by atoms with van der Waals surface area (Å²) in [5.74, 6) is -2.51. The van der Waals surface area contributed by atoms with E-state index >= 15 is 0 Å². The van der Waals surface area contributed by atoms with Crippen LogP contribution in [0.15, 0.2) is 58.1 Å². The normalized spacial score (nSPS) is 37.1. The van der Waals surface area contributed by atoms with Gasteiger partial charge in [-0.05, 0) is 38.8 Å². The van der Waals surface area contributed by atoms with Crippen molar-refractivity contribution in [2.24, 2.45) is 17.8 Å². The third kappa shape index (κ3) is 3.82. The Morgan fingerprint density at radius 2 is 2.09 bits per heavy atom. The van der Waals surface area contributed by atoms with Gasteiger partial charge < -0.3 is 18.9 Å². The molecule has 33 heavy (non-hydrogen) atoms. The Bertz CT molecular complexity index is 1030. The van der Waals surface area contributed by atoms with Crippen molar-refractivity contribution >= 4 is 23.4 Å². The van der Waals surface area contributed by atoms with Crippen molar-refractivity contribution in [2.45, 2.75) is 65.0 Å². The predicted octanol–water partition coefficient (Wildman–Crippen LogP) is 5.11. The summed E-state index contributed by atoms with van der Waals surface area (Å²) in [5, 5.41) is 0.0624. The van der Waals surface area contributed by atoms with E-state index in [1.807, 2.05) is 19.1 Å². The molecule has 0 saturated carbocycles. The van der Waals surface area contributed by atoms with Gasteiger partial charge in [0.2, 0.25) is 5.78 Å². The molecule has 0 radical (unpaired) electrons. The van der Waals surface area contributed by atoms with Crippen LogP contribution < -0.4 is 0 Å². The molecule has 1 unspecified atom stereocenters. The van der Waals surface area contributed by atoms with Crippen LogP contribution in [0.5, 0.6) is 0 Å². The Balaban J connectivity index is 1.72. The highest BCUT2D eigenvalue weighted by molar-refractivity contribution is 6.45. The second-order valence-corrected chi connectivity index (χ2v) is 9.93. The number of fused-ring (bicyclic) bond motifs is 5. The zero-order valence-electron chi connectivity index (χ0n) is 19.9. The summed E-state index contributed by atoms with van der Waals surface area (Å²) in [5.41, 5.74) is 0.933. The van der Waals surface area contributed by atoms with Gasteiger partial charge in [0.15, 0.2) is 5.79 Å². The number of carbonyl (C=O) groups is 2. The van der Waals surface area contributed by atoms with Crippen LogP contribution >= 0.6 is 11.6 Å². The van der Waals surface area contributed by atoms with Crippen LogP contribution in [-0.2, 0) is 28.5 Å². The Kier molecular flexibility index (Phi) is 6.23. The van der Waals surface area contributed by atoms with Gasteiger partial charge in [0, 0.05) is 30.6 Å². The lowest BCUT2D eigenvalue weighted by Gasteiger charge is -2.39. The molecule has 4 aliphatic rings. The maximum atomic E-state index is 13.5. The molecule has 178 valence electrons. The predicted molar refractivity (Wildman–Crippen MR) is 124 cm³/mol. The number of carbonyl (C=O) groups excluding carboxylic acids is 2. The maximum absolute atomic E-state index is 13.5. The van der Waals surface area contributed by atoms with E-state index < -0.39 is 35.3 Å². The van der Waals surface area contributed by atoms with Crippen LogP contribution in [-0.4, -0.2) is 36.4 Å². The van der Waals surface area contributed by atoms with Gasteiger partial charge >= 0.3 is 5.97 Å². The van der Waals surface area contributed by atoms with Crippen LogP contribution in [0.2, 0.25) is 0 Å². The Morgan fingerprint density at radius 1 is 1.36 bits per heavy atom. The molecular formula is C26H31ClO6. The second-order valence-electron chi connectivity index (χ2n) is 9.56. The number of Topliss-reactive ketones (excluding diaryl/α,β-unsaturated/α-hetero) is 1. The van der Waals surface area contributed by atoms with Gasteiger partial charge in [-0.3, -0.25) is 9.59 Å². The van der Waals surface area contributed by atoms with E-state index in [1.54, 1.807) is 26.2 Å². The largest absolute Gasteiger partial charge is 0.465 e. The number of hydrogen-bond acceptors (Lipinski definition) is 6. The van der Waals surface area contributed by atoms with Gasteiger partial charge in [0.05, 0.1) is 11.3 Å². The minimum absolute atomic E-state index is 0.0624. The van der Waals surface area contributed by atoms with Crippen molar-refractivity contribution in [2.75, 3.05) is 7.11 Å². The number of ketones is 1. The smallest absolute Gasteiger partial charge is 0.315 e. The fraction of sp³-hybridized carbons (Fsp3) is 0.538. The van der Waals surface area contributed by atoms with Gasteiger partial charge in [0.25, 0.3) is 0 Å². The zero-order valence-corrected chi connectivity index (χ0v) is 20.7. The SMILES string of the molecule is CCC(C)/C=C(C)/C=C/C1=CC2=C(Cl)C(=O)[C@@]3(C)O[C@@]4(OC)C[C@H](C)OC(=O)[C@@H]4[C@H]3C2=CO1. The van der Waals surface area contributed by atoms with E-state index in [1.165, 1.54) is 7.11 Å². The van der Waals surface area contributed by atoms with Crippen LogP contribution in [0.3, 0.4) is 0 Å². The van der Waals surface area contributed by atoms with Crippen LogP contribution in [0.1, 0.15) is 47.5 Å². The third-order valence-corrected chi connectivity index (χ3v) is 7.49. The van der Waals surface area contributed by atoms with Gasteiger partial charge in [-0.1, -0.05) is 49.6 Å². The first-order chi connectivity index (χ1) is 15.6. The van der Waals surface area contributed by atoms with Crippen molar-refractivity contribution in [3.8, 4) is 0 Å². The fourth-order valence-electron chi connectivity index (χ4n) is 5.32. The van der Waals surface area contributed by atoms with Crippen LogP contribution in [0.25, 0.3) is 0 Å². The molecule has 3 aliphatic heterocycles. The molecular weight excluding hydrogens is 444 g/mol. The molecule has 2 fully saturated rings. The number of halogens is 1. The number of rotatable bonds is 5. The molecule has 0 amide bonds. The number of ether oxygens (including phenoxy) is 4. The molecule has 6 nitrogen and oxygen atoms in total. The highest BCUT2D eigenvalue weighted by Crippen LogP contribution is 2.60. The molecule has 4 rings (SSSR count). The minimum atomic E-state index is -1.36. The molecule has 0 aromatic carbocycles. The van der Waals surface area contributed by atoms with Crippen LogP contribution in [0.4, 0.5) is 0 Å². The summed E-state index contributed by atoms with van der Waals surface area (Å²) < 4.78 is 23.5. The fourth-order valence-corrected chi connectivity index (χ4v) is 5.67. The molecule has 6 atom stereocenters. The van der Waals surface area contributed by atoms with Gasteiger partial charge in [0.1, 0.15) is 23.4 Å². The molecule has 0 bridgehead atoms. The monoisotopic (exact) mass is 474 g/mol. The van der Waals surface area contributed by atoms with E-state index in [0.717, 1.165) is 12.0 Å². The van der Waals surface area contributed by atoms with E-state index in [-0.39, 0.29) is 10.8 Å². The molecule has 0 aromatic heterocycles. The van der Waals surface area contributed by atoms with Crippen molar-refractivity contribution in [1.29, 1.82) is 0 Å². The third-order valence-electron chi connectivity index (χ3n) is 7.12. The highest BCUT2D eigenvalue weighted by Gasteiger charge is 2.71. The molecule has 2 saturated heterocycles. The van der Waals surface area contributed by atoms with Gasteiger partial charge in [-0.15, -0.1) is 0 Å². The Hall–Kier alpha value is -2.15. The maximum Gasteiger partial charge on any atom is 0.315 e. The molecule has 7 heteroatoms. The minimum Gasteiger partial charge on any atom is -0.465 e. The van der Waals surface area contributed by atoms with Gasteiger partial charge in [-0.25, -0.2) is 0 Å². The van der Waals surface area contributed by atoms with E-state index in [2.05, 4.69) is 19.9 Å². The average Bonchev–Trinajstić information content (AvgIpc) is 3.06. The summed E-state index contributed by atoms with van der Waals surface area (Å²) >= 11 is 6.58. The molecule has 0 aromatic rings. The average molecular weight is 475 g/mol. The van der Waals surface area contributed by atoms with Crippen LogP contribution in [0, 0.1) is 17.8 Å². The van der Waals surface area contributed by atoms with Crippen molar-refractivity contribution < 1.29 is 28.5 Å². The summed E-state index contributed by atoms with van der Waals surface area (Å²) in [6, 6.07) is 0. The highest BCUT2D eigenvalue weighted by atomic mass is 35.5. The number of hydrogen-bond donors (Lipinski definition) is 0. The first-order valence-electron chi connectivity index (χ1n) is 11.4. The van der Waals surface area contributed by atoms with Gasteiger partial charge in [-0.2, -0.15) is 0 Å². The molecule has 0 N–H and O–H groups in total. The van der Waals surface area contributed by atoms with E-state index in [0.29, 0.717) is 29.2 Å².